The van der Waals surface area contributed by atoms with Crippen LogP contribution in [0.3, 0.4) is 0 Å². The van der Waals surface area contributed by atoms with Crippen LogP contribution in [0, 0.1) is 11.3 Å². The van der Waals surface area contributed by atoms with Gasteiger partial charge in [-0.1, -0.05) is 147 Å². The van der Waals surface area contributed by atoms with Crippen LogP contribution < -0.4 is 0 Å². The maximum absolute atomic E-state index is 2.30. The quantitative estimate of drug-likeness (QED) is 0.390. The largest absolute Gasteiger partial charge is 0.0656 e. The van der Waals surface area contributed by atoms with E-state index < -0.39 is 0 Å². The highest BCUT2D eigenvalue weighted by Crippen LogP contribution is 2.33. The smallest absolute Gasteiger partial charge is 0.0308 e. The predicted octanol–water partition coefficient (Wildman–Crippen LogP) is 10.1. The SMILES string of the molecule is CCC.CCC(CC)(CC)CC.CCC(CC)CC.CCCCC. The molecule has 0 radical (unpaired) electrons. The molecule has 0 spiro atoms. The molecule has 0 aliphatic heterocycles. The van der Waals surface area contributed by atoms with Crippen molar-refractivity contribution in [3.05, 3.63) is 0 Å². The third-order valence-corrected chi connectivity index (χ3v) is 5.44. The van der Waals surface area contributed by atoms with Crippen LogP contribution in [0.2, 0.25) is 0 Å². The predicted molar refractivity (Wildman–Crippen MR) is 119 cm³/mol. The fraction of sp³-hybridized carbons (Fsp3) is 1.00. The van der Waals surface area contributed by atoms with Gasteiger partial charge in [0.25, 0.3) is 0 Å². The van der Waals surface area contributed by atoms with Gasteiger partial charge in [-0.15, -0.1) is 0 Å². The number of hydrogen-bond acceptors (Lipinski definition) is 0. The first-order valence-corrected chi connectivity index (χ1v) is 11.4. The van der Waals surface area contributed by atoms with Crippen molar-refractivity contribution in [2.75, 3.05) is 0 Å². The van der Waals surface area contributed by atoms with Crippen LogP contribution in [0.15, 0.2) is 0 Å². The van der Waals surface area contributed by atoms with E-state index in [-0.39, 0.29) is 0 Å². The molecule has 0 N–H and O–H groups in total. The van der Waals surface area contributed by atoms with Crippen molar-refractivity contribution >= 4 is 0 Å². The molecule has 0 aromatic rings. The van der Waals surface area contributed by atoms with Crippen LogP contribution in [0.4, 0.5) is 0 Å². The molecule has 24 heavy (non-hydrogen) atoms. The minimum Gasteiger partial charge on any atom is -0.0656 e. The molecule has 0 saturated heterocycles. The maximum Gasteiger partial charge on any atom is -0.0308 e. The van der Waals surface area contributed by atoms with Crippen molar-refractivity contribution in [3.63, 3.8) is 0 Å². The van der Waals surface area contributed by atoms with Gasteiger partial charge in [0.15, 0.2) is 0 Å². The molecule has 0 saturated carbocycles. The number of unbranched alkanes of at least 4 members (excludes halogenated alkanes) is 2. The third-order valence-electron chi connectivity index (χ3n) is 5.44. The highest BCUT2D eigenvalue weighted by molar-refractivity contribution is 4.72. The summed E-state index contributed by atoms with van der Waals surface area (Å²) < 4.78 is 0. The summed E-state index contributed by atoms with van der Waals surface area (Å²) in [7, 11) is 0. The molecule has 0 aromatic carbocycles. The van der Waals surface area contributed by atoms with Crippen LogP contribution in [-0.2, 0) is 0 Å². The second-order valence-electron chi connectivity index (χ2n) is 7.07. The van der Waals surface area contributed by atoms with Gasteiger partial charge in [0.2, 0.25) is 0 Å². The molecule has 0 atom stereocenters. The summed E-state index contributed by atoms with van der Waals surface area (Å²) in [6.45, 7) is 24.7. The Morgan fingerprint density at radius 3 is 0.750 bits per heavy atom. The van der Waals surface area contributed by atoms with E-state index in [9.17, 15) is 0 Å². The number of hydrogen-bond donors (Lipinski definition) is 0. The van der Waals surface area contributed by atoms with Crippen LogP contribution in [-0.4, -0.2) is 0 Å². The van der Waals surface area contributed by atoms with E-state index in [1.807, 2.05) is 0 Å². The van der Waals surface area contributed by atoms with Gasteiger partial charge >= 0.3 is 0 Å². The summed E-state index contributed by atoms with van der Waals surface area (Å²) in [6, 6.07) is 0. The fourth-order valence-electron chi connectivity index (χ4n) is 2.72. The summed E-state index contributed by atoms with van der Waals surface area (Å²) in [5.74, 6) is 0.986. The maximum atomic E-state index is 2.30. The van der Waals surface area contributed by atoms with Crippen molar-refractivity contribution in [1.82, 2.24) is 0 Å². The van der Waals surface area contributed by atoms with E-state index in [1.165, 1.54) is 70.6 Å². The average Bonchev–Trinajstić information content (AvgIpc) is 2.62. The summed E-state index contributed by atoms with van der Waals surface area (Å²) in [6.07, 6.45) is 14.8. The topological polar surface area (TPSA) is 0 Å². The Labute approximate surface area is 158 Å². The Morgan fingerprint density at radius 1 is 0.500 bits per heavy atom. The van der Waals surface area contributed by atoms with Crippen LogP contribution in [0.25, 0.3) is 0 Å². The second kappa shape index (κ2) is 27.8. The van der Waals surface area contributed by atoms with Gasteiger partial charge in [-0.25, -0.2) is 0 Å². The Balaban J connectivity index is -0.000000119. The second-order valence-corrected chi connectivity index (χ2v) is 7.07. The van der Waals surface area contributed by atoms with Crippen molar-refractivity contribution < 1.29 is 0 Å². The molecule has 0 heteroatoms. The van der Waals surface area contributed by atoms with Crippen molar-refractivity contribution in [3.8, 4) is 0 Å². The van der Waals surface area contributed by atoms with Gasteiger partial charge < -0.3 is 0 Å². The van der Waals surface area contributed by atoms with Gasteiger partial charge in [-0.3, -0.25) is 0 Å². The first kappa shape index (κ1) is 31.7. The highest BCUT2D eigenvalue weighted by atomic mass is 14.3. The monoisotopic (exact) mass is 344 g/mol. The zero-order chi connectivity index (χ0) is 19.9. The molecule has 0 bridgehead atoms. The lowest BCUT2D eigenvalue weighted by Gasteiger charge is -2.28. The van der Waals surface area contributed by atoms with Gasteiger partial charge in [0.05, 0.1) is 0 Å². The third kappa shape index (κ3) is 24.3. The van der Waals surface area contributed by atoms with E-state index in [1.54, 1.807) is 0 Å². The standard InChI is InChI=1S/C9H20.C7H16.C5H12.C3H8/c1-5-9(6-2,7-3)8-4;1-4-7(5-2)6-3;1-3-5-4-2;1-3-2/h5-8H2,1-4H3;7H,4-6H2,1-3H3;3-5H2,1-2H3;3H2,1-2H3. The molecule has 0 fully saturated rings. The first-order chi connectivity index (χ1) is 11.4. The first-order valence-electron chi connectivity index (χ1n) is 11.4. The molecule has 0 amide bonds. The van der Waals surface area contributed by atoms with Crippen LogP contribution >= 0.6 is 0 Å². The zero-order valence-electron chi connectivity index (χ0n) is 19.9. The molecule has 0 heterocycles. The van der Waals surface area contributed by atoms with Gasteiger partial charge in [-0.2, -0.15) is 0 Å². The molecule has 0 rings (SSSR count). The highest BCUT2D eigenvalue weighted by Gasteiger charge is 2.20. The molecule has 0 aliphatic carbocycles. The summed E-state index contributed by atoms with van der Waals surface area (Å²) in [4.78, 5) is 0. The normalized spacial score (nSPS) is 10.0. The van der Waals surface area contributed by atoms with E-state index in [4.69, 9.17) is 0 Å². The molecule has 152 valence electrons. The Hall–Kier alpha value is 0. The van der Waals surface area contributed by atoms with E-state index in [2.05, 4.69) is 76.2 Å². The lowest BCUT2D eigenvalue weighted by atomic mass is 9.78. The van der Waals surface area contributed by atoms with Gasteiger partial charge in [0, 0.05) is 0 Å². The molecule has 0 nitrogen and oxygen atoms in total. The molecule has 0 aliphatic rings. The molecule has 0 unspecified atom stereocenters. The van der Waals surface area contributed by atoms with E-state index in [0.717, 1.165) is 5.92 Å². The lowest BCUT2D eigenvalue weighted by Crippen LogP contribution is -2.15. The van der Waals surface area contributed by atoms with Crippen molar-refractivity contribution in [2.45, 2.75) is 147 Å². The summed E-state index contributed by atoms with van der Waals surface area (Å²) in [5.41, 5.74) is 0.667. The van der Waals surface area contributed by atoms with Gasteiger partial charge in [-0.05, 0) is 11.3 Å². The Bertz CT molecular complexity index is 138. The molecular weight excluding hydrogens is 288 g/mol. The summed E-state index contributed by atoms with van der Waals surface area (Å²) in [5, 5.41) is 0. The summed E-state index contributed by atoms with van der Waals surface area (Å²) >= 11 is 0. The zero-order valence-corrected chi connectivity index (χ0v) is 19.9. The van der Waals surface area contributed by atoms with E-state index in [0.29, 0.717) is 5.41 Å². The van der Waals surface area contributed by atoms with Gasteiger partial charge in [0.1, 0.15) is 0 Å². The average molecular weight is 345 g/mol. The minimum absolute atomic E-state index is 0.667. The Kier molecular flexibility index (Phi) is 36.8. The van der Waals surface area contributed by atoms with Crippen LogP contribution in [0.1, 0.15) is 147 Å². The minimum atomic E-state index is 0.667. The fourth-order valence-corrected chi connectivity index (χ4v) is 2.72. The Morgan fingerprint density at radius 2 is 0.750 bits per heavy atom. The molecule has 0 aromatic heterocycles. The number of rotatable bonds is 9. The molecular formula is C24H56. The van der Waals surface area contributed by atoms with Crippen molar-refractivity contribution in [1.29, 1.82) is 0 Å². The lowest BCUT2D eigenvalue weighted by molar-refractivity contribution is 0.240. The van der Waals surface area contributed by atoms with E-state index >= 15 is 0 Å². The van der Waals surface area contributed by atoms with Crippen LogP contribution in [0.5, 0.6) is 0 Å². The van der Waals surface area contributed by atoms with Crippen molar-refractivity contribution in [2.24, 2.45) is 11.3 Å².